The molecular weight excluding hydrogens is 329 g/mol. The standard InChI is InChI=1S/C20H20FN5/c21-17-6-4-15(5-7-17)20-24-18(16-3-1-8-23-14-16)13-19(25-20)26-11-2-9-22-10-12-26/h1,3-8,13-14,22H,2,9-12H2. The summed E-state index contributed by atoms with van der Waals surface area (Å²) >= 11 is 0. The number of pyridine rings is 1. The molecule has 2 aromatic heterocycles. The molecule has 1 aromatic carbocycles. The lowest BCUT2D eigenvalue weighted by atomic mass is 10.1. The van der Waals surface area contributed by atoms with Gasteiger partial charge in [-0.15, -0.1) is 0 Å². The lowest BCUT2D eigenvalue weighted by molar-refractivity contribution is 0.628. The van der Waals surface area contributed by atoms with Gasteiger partial charge in [0.15, 0.2) is 5.82 Å². The molecule has 0 aliphatic carbocycles. The summed E-state index contributed by atoms with van der Waals surface area (Å²) in [4.78, 5) is 15.9. The highest BCUT2D eigenvalue weighted by atomic mass is 19.1. The second-order valence-corrected chi connectivity index (χ2v) is 6.27. The Labute approximate surface area is 151 Å². The molecule has 1 saturated heterocycles. The van der Waals surface area contributed by atoms with E-state index in [0.29, 0.717) is 5.82 Å². The highest BCUT2D eigenvalue weighted by molar-refractivity contribution is 5.67. The summed E-state index contributed by atoms with van der Waals surface area (Å²) in [5.74, 6) is 1.22. The molecule has 1 aliphatic rings. The third-order valence-electron chi connectivity index (χ3n) is 4.44. The molecular formula is C20H20FN5. The normalized spacial score (nSPS) is 14.9. The predicted molar refractivity (Wildman–Crippen MR) is 100 cm³/mol. The van der Waals surface area contributed by atoms with Gasteiger partial charge in [-0.2, -0.15) is 0 Å². The van der Waals surface area contributed by atoms with Gasteiger partial charge in [0.25, 0.3) is 0 Å². The SMILES string of the molecule is Fc1ccc(-c2nc(-c3cccnc3)cc(N3CCCNCC3)n2)cc1. The van der Waals surface area contributed by atoms with Crippen molar-refractivity contribution in [2.75, 3.05) is 31.1 Å². The molecule has 3 heterocycles. The third kappa shape index (κ3) is 3.70. The minimum Gasteiger partial charge on any atom is -0.355 e. The van der Waals surface area contributed by atoms with E-state index in [4.69, 9.17) is 9.97 Å². The van der Waals surface area contributed by atoms with Crippen molar-refractivity contribution in [2.24, 2.45) is 0 Å². The van der Waals surface area contributed by atoms with Crippen LogP contribution in [-0.4, -0.2) is 41.1 Å². The first-order valence-corrected chi connectivity index (χ1v) is 8.81. The average molecular weight is 349 g/mol. The number of hydrogen-bond donors (Lipinski definition) is 1. The molecule has 0 amide bonds. The molecule has 1 aliphatic heterocycles. The van der Waals surface area contributed by atoms with Crippen molar-refractivity contribution in [1.82, 2.24) is 20.3 Å². The van der Waals surface area contributed by atoms with Crippen molar-refractivity contribution < 1.29 is 4.39 Å². The topological polar surface area (TPSA) is 53.9 Å². The van der Waals surface area contributed by atoms with Crippen LogP contribution in [0.3, 0.4) is 0 Å². The maximum Gasteiger partial charge on any atom is 0.162 e. The van der Waals surface area contributed by atoms with Crippen molar-refractivity contribution in [3.8, 4) is 22.6 Å². The highest BCUT2D eigenvalue weighted by Crippen LogP contribution is 2.26. The molecule has 0 atom stereocenters. The quantitative estimate of drug-likeness (QED) is 0.787. The summed E-state index contributed by atoms with van der Waals surface area (Å²) in [5.41, 5.74) is 2.55. The van der Waals surface area contributed by atoms with E-state index >= 15 is 0 Å². The number of aromatic nitrogens is 3. The summed E-state index contributed by atoms with van der Waals surface area (Å²) in [6, 6.07) is 12.2. The van der Waals surface area contributed by atoms with E-state index in [1.165, 1.54) is 12.1 Å². The Morgan fingerprint density at radius 2 is 1.85 bits per heavy atom. The number of benzene rings is 1. The molecule has 0 radical (unpaired) electrons. The zero-order valence-corrected chi connectivity index (χ0v) is 14.4. The van der Waals surface area contributed by atoms with Crippen LogP contribution in [0.5, 0.6) is 0 Å². The number of rotatable bonds is 3. The first-order valence-electron chi connectivity index (χ1n) is 8.81. The van der Waals surface area contributed by atoms with Crippen molar-refractivity contribution in [3.63, 3.8) is 0 Å². The van der Waals surface area contributed by atoms with E-state index < -0.39 is 0 Å². The average Bonchev–Trinajstić information content (AvgIpc) is 2.98. The number of hydrogen-bond acceptors (Lipinski definition) is 5. The van der Waals surface area contributed by atoms with Crippen LogP contribution in [0, 0.1) is 5.82 Å². The maximum absolute atomic E-state index is 13.3. The maximum atomic E-state index is 13.3. The van der Waals surface area contributed by atoms with Crippen LogP contribution in [0.4, 0.5) is 10.2 Å². The Morgan fingerprint density at radius 3 is 2.65 bits per heavy atom. The van der Waals surface area contributed by atoms with Gasteiger partial charge in [0.1, 0.15) is 11.6 Å². The largest absolute Gasteiger partial charge is 0.355 e. The molecule has 1 N–H and O–H groups in total. The van der Waals surface area contributed by atoms with Crippen molar-refractivity contribution in [1.29, 1.82) is 0 Å². The molecule has 132 valence electrons. The first kappa shape index (κ1) is 16.6. The number of anilines is 1. The van der Waals surface area contributed by atoms with Gasteiger partial charge >= 0.3 is 0 Å². The van der Waals surface area contributed by atoms with Gasteiger partial charge in [0.05, 0.1) is 5.69 Å². The van der Waals surface area contributed by atoms with Crippen LogP contribution in [0.25, 0.3) is 22.6 Å². The van der Waals surface area contributed by atoms with E-state index in [9.17, 15) is 4.39 Å². The summed E-state index contributed by atoms with van der Waals surface area (Å²) in [6.07, 6.45) is 4.61. The van der Waals surface area contributed by atoms with E-state index in [2.05, 4.69) is 15.2 Å². The third-order valence-corrected chi connectivity index (χ3v) is 4.44. The van der Waals surface area contributed by atoms with Crippen LogP contribution >= 0.6 is 0 Å². The van der Waals surface area contributed by atoms with Gasteiger partial charge in [0, 0.05) is 49.2 Å². The Bertz CT molecular complexity index is 859. The highest BCUT2D eigenvalue weighted by Gasteiger charge is 2.15. The number of nitrogens with zero attached hydrogens (tertiary/aromatic N) is 4. The van der Waals surface area contributed by atoms with Crippen molar-refractivity contribution >= 4 is 5.82 Å². The molecule has 26 heavy (non-hydrogen) atoms. The Kier molecular flexibility index (Phi) is 4.84. The molecule has 0 bridgehead atoms. The summed E-state index contributed by atoms with van der Waals surface area (Å²) in [7, 11) is 0. The number of halogens is 1. The van der Waals surface area contributed by atoms with E-state index in [1.807, 2.05) is 18.2 Å². The Morgan fingerprint density at radius 1 is 0.962 bits per heavy atom. The summed E-state index contributed by atoms with van der Waals surface area (Å²) < 4.78 is 13.3. The van der Waals surface area contributed by atoms with Crippen LogP contribution in [0.2, 0.25) is 0 Å². The monoisotopic (exact) mass is 349 g/mol. The zero-order chi connectivity index (χ0) is 17.8. The van der Waals surface area contributed by atoms with Crippen LogP contribution in [-0.2, 0) is 0 Å². The van der Waals surface area contributed by atoms with Crippen molar-refractivity contribution in [2.45, 2.75) is 6.42 Å². The lowest BCUT2D eigenvalue weighted by Crippen LogP contribution is -2.28. The van der Waals surface area contributed by atoms with Gasteiger partial charge in [-0.1, -0.05) is 0 Å². The molecule has 4 rings (SSSR count). The van der Waals surface area contributed by atoms with E-state index in [-0.39, 0.29) is 5.82 Å². The predicted octanol–water partition coefficient (Wildman–Crippen LogP) is 3.14. The van der Waals surface area contributed by atoms with E-state index in [0.717, 1.165) is 55.2 Å². The fourth-order valence-corrected chi connectivity index (χ4v) is 3.06. The van der Waals surface area contributed by atoms with Crippen LogP contribution < -0.4 is 10.2 Å². The molecule has 5 nitrogen and oxygen atoms in total. The lowest BCUT2D eigenvalue weighted by Gasteiger charge is -2.22. The summed E-state index contributed by atoms with van der Waals surface area (Å²) in [5, 5.41) is 3.41. The van der Waals surface area contributed by atoms with Gasteiger partial charge in [-0.05, 0) is 49.4 Å². The van der Waals surface area contributed by atoms with Gasteiger partial charge in [-0.25, -0.2) is 14.4 Å². The van der Waals surface area contributed by atoms with Gasteiger partial charge < -0.3 is 10.2 Å². The van der Waals surface area contributed by atoms with Crippen LogP contribution in [0.15, 0.2) is 54.9 Å². The van der Waals surface area contributed by atoms with Gasteiger partial charge in [0.2, 0.25) is 0 Å². The fourth-order valence-electron chi connectivity index (χ4n) is 3.06. The van der Waals surface area contributed by atoms with Crippen LogP contribution in [0.1, 0.15) is 6.42 Å². The fraction of sp³-hybridized carbons (Fsp3) is 0.250. The molecule has 3 aromatic rings. The smallest absolute Gasteiger partial charge is 0.162 e. The Hall–Kier alpha value is -2.86. The number of nitrogens with one attached hydrogen (secondary N) is 1. The molecule has 0 saturated carbocycles. The minimum atomic E-state index is -0.268. The summed E-state index contributed by atoms with van der Waals surface area (Å²) in [6.45, 7) is 3.78. The Balaban J connectivity index is 1.80. The second kappa shape index (κ2) is 7.58. The first-order chi connectivity index (χ1) is 12.8. The minimum absolute atomic E-state index is 0.268. The zero-order valence-electron chi connectivity index (χ0n) is 14.4. The van der Waals surface area contributed by atoms with Gasteiger partial charge in [-0.3, -0.25) is 4.98 Å². The molecule has 0 spiro atoms. The van der Waals surface area contributed by atoms with E-state index in [1.54, 1.807) is 24.5 Å². The molecule has 0 unspecified atom stereocenters. The second-order valence-electron chi connectivity index (χ2n) is 6.27. The molecule has 6 heteroatoms. The molecule has 1 fully saturated rings. The van der Waals surface area contributed by atoms with Crippen molar-refractivity contribution in [3.05, 3.63) is 60.7 Å².